The molecule has 0 atom stereocenters. The molecule has 7 heteroatoms. The molecule has 0 bridgehead atoms. The maximum Gasteiger partial charge on any atom is 0.433 e. The molecule has 0 amide bonds. The number of hydrogen-bond donors (Lipinski definition) is 0. The van der Waals surface area contributed by atoms with E-state index in [9.17, 15) is 10.1 Å². The lowest BCUT2D eigenvalue weighted by atomic mass is 10.2. The normalized spacial score (nSPS) is 14.5. The molecular formula is C17H13N3O3S. The van der Waals surface area contributed by atoms with Gasteiger partial charge in [0.1, 0.15) is 21.5 Å². The molecule has 3 aromatic rings. The van der Waals surface area contributed by atoms with Crippen LogP contribution >= 0.6 is 11.8 Å². The molecule has 0 radical (unpaired) electrons. The molecule has 0 saturated heterocycles. The van der Waals surface area contributed by atoms with Crippen molar-refractivity contribution in [3.05, 3.63) is 63.5 Å². The Labute approximate surface area is 141 Å². The Morgan fingerprint density at radius 2 is 2.04 bits per heavy atom. The highest BCUT2D eigenvalue weighted by Gasteiger charge is 2.27. The Kier molecular flexibility index (Phi) is 3.78. The lowest BCUT2D eigenvalue weighted by Crippen LogP contribution is -1.95. The number of fused-ring (bicyclic) bond motifs is 1. The van der Waals surface area contributed by atoms with Gasteiger partial charge < -0.3 is 4.42 Å². The van der Waals surface area contributed by atoms with E-state index in [-0.39, 0.29) is 5.88 Å². The first kappa shape index (κ1) is 14.9. The summed E-state index contributed by atoms with van der Waals surface area (Å²) in [6.07, 6.45) is 3.99. The summed E-state index contributed by atoms with van der Waals surface area (Å²) in [6, 6.07) is 10.8. The zero-order chi connectivity index (χ0) is 16.5. The number of thioether (sulfide) groups is 1. The van der Waals surface area contributed by atoms with Crippen molar-refractivity contribution >= 4 is 34.6 Å². The van der Waals surface area contributed by atoms with E-state index in [1.54, 1.807) is 12.1 Å². The smallest absolute Gasteiger partial charge is 0.401 e. The van der Waals surface area contributed by atoms with Gasteiger partial charge in [0.05, 0.1) is 11.6 Å². The first-order valence-corrected chi connectivity index (χ1v) is 8.43. The topological polar surface area (TPSA) is 82.1 Å². The fourth-order valence-corrected chi connectivity index (χ4v) is 3.15. The predicted octanol–water partition coefficient (Wildman–Crippen LogP) is 4.77. The third-order valence-corrected chi connectivity index (χ3v) is 4.54. The van der Waals surface area contributed by atoms with E-state index >= 15 is 0 Å². The number of nitrogens with zero attached hydrogens (tertiary/aromatic N) is 3. The first-order valence-electron chi connectivity index (χ1n) is 7.55. The van der Waals surface area contributed by atoms with Crippen molar-refractivity contribution in [2.24, 2.45) is 0 Å². The van der Waals surface area contributed by atoms with Crippen LogP contribution in [0, 0.1) is 10.1 Å². The van der Waals surface area contributed by atoms with Gasteiger partial charge in [-0.3, -0.25) is 10.1 Å². The molecule has 1 aromatic carbocycles. The predicted molar refractivity (Wildman–Crippen MR) is 91.8 cm³/mol. The zero-order valence-electron chi connectivity index (χ0n) is 12.6. The highest BCUT2D eigenvalue weighted by molar-refractivity contribution is 8.02. The molecule has 24 heavy (non-hydrogen) atoms. The Morgan fingerprint density at radius 3 is 2.79 bits per heavy atom. The highest BCUT2D eigenvalue weighted by atomic mass is 32.2. The molecular weight excluding hydrogens is 326 g/mol. The molecule has 2 aromatic heterocycles. The van der Waals surface area contributed by atoms with E-state index in [1.807, 2.05) is 29.7 Å². The maximum absolute atomic E-state index is 10.6. The zero-order valence-corrected chi connectivity index (χ0v) is 13.4. The number of rotatable bonds is 5. The molecule has 2 heterocycles. The molecule has 120 valence electrons. The van der Waals surface area contributed by atoms with Crippen molar-refractivity contribution in [3.63, 3.8) is 0 Å². The van der Waals surface area contributed by atoms with E-state index in [4.69, 9.17) is 4.42 Å². The summed E-state index contributed by atoms with van der Waals surface area (Å²) in [5.41, 5.74) is 0.943. The van der Waals surface area contributed by atoms with Crippen LogP contribution in [0.1, 0.15) is 30.3 Å². The van der Waals surface area contributed by atoms with Gasteiger partial charge >= 0.3 is 5.88 Å². The Bertz CT molecular complexity index is 947. The van der Waals surface area contributed by atoms with E-state index in [0.717, 1.165) is 34.6 Å². The van der Waals surface area contributed by atoms with Gasteiger partial charge in [-0.2, -0.15) is 0 Å². The van der Waals surface area contributed by atoms with Gasteiger partial charge in [-0.05, 0) is 36.5 Å². The minimum Gasteiger partial charge on any atom is -0.401 e. The highest BCUT2D eigenvalue weighted by Crippen LogP contribution is 2.40. The van der Waals surface area contributed by atoms with E-state index < -0.39 is 4.92 Å². The van der Waals surface area contributed by atoms with Crippen molar-refractivity contribution in [1.82, 2.24) is 9.97 Å². The number of furan rings is 1. The monoisotopic (exact) mass is 339 g/mol. The summed E-state index contributed by atoms with van der Waals surface area (Å²) in [7, 11) is 0. The van der Waals surface area contributed by atoms with Crippen LogP contribution < -0.4 is 0 Å². The van der Waals surface area contributed by atoms with E-state index in [0.29, 0.717) is 11.7 Å². The van der Waals surface area contributed by atoms with Crippen LogP contribution in [0.5, 0.6) is 0 Å². The van der Waals surface area contributed by atoms with Gasteiger partial charge in [0, 0.05) is 11.3 Å². The van der Waals surface area contributed by atoms with Crippen molar-refractivity contribution in [2.75, 3.05) is 0 Å². The van der Waals surface area contributed by atoms with Crippen LogP contribution in [-0.4, -0.2) is 14.9 Å². The summed E-state index contributed by atoms with van der Waals surface area (Å²) in [4.78, 5) is 19.4. The summed E-state index contributed by atoms with van der Waals surface area (Å²) in [5, 5.41) is 14.3. The molecule has 1 saturated carbocycles. The summed E-state index contributed by atoms with van der Waals surface area (Å²) >= 11 is 1.46. The first-order chi connectivity index (χ1) is 11.7. The van der Waals surface area contributed by atoms with Crippen LogP contribution in [0.4, 0.5) is 5.88 Å². The minimum absolute atomic E-state index is 0.261. The van der Waals surface area contributed by atoms with Crippen LogP contribution in [0.2, 0.25) is 0 Å². The minimum atomic E-state index is -0.551. The molecule has 6 nitrogen and oxygen atoms in total. The lowest BCUT2D eigenvalue weighted by molar-refractivity contribution is -0.402. The van der Waals surface area contributed by atoms with Crippen LogP contribution in [0.25, 0.3) is 17.0 Å². The molecule has 0 unspecified atom stereocenters. The van der Waals surface area contributed by atoms with Gasteiger partial charge in [0.15, 0.2) is 0 Å². The summed E-state index contributed by atoms with van der Waals surface area (Å²) in [5.74, 6) is 1.56. The third kappa shape index (κ3) is 3.03. The standard InChI is InChI=1S/C17H13N3O3S/c21-20(22)15-8-7-12(23-15)9-10-24-17-13-3-1-2-4-14(13)18-16(19-17)11-5-6-11/h1-4,7-11H,5-6H2/b10-9+. The van der Waals surface area contributed by atoms with Crippen molar-refractivity contribution in [3.8, 4) is 0 Å². The Morgan fingerprint density at radius 1 is 1.21 bits per heavy atom. The molecule has 0 aliphatic heterocycles. The van der Waals surface area contributed by atoms with Gasteiger partial charge in [-0.15, -0.1) is 0 Å². The van der Waals surface area contributed by atoms with Crippen molar-refractivity contribution in [2.45, 2.75) is 23.8 Å². The van der Waals surface area contributed by atoms with Crippen LogP contribution in [0.15, 0.2) is 51.2 Å². The number of nitro groups is 1. The van der Waals surface area contributed by atoms with Gasteiger partial charge in [0.2, 0.25) is 0 Å². The quantitative estimate of drug-likeness (QED) is 0.288. The van der Waals surface area contributed by atoms with Crippen molar-refractivity contribution in [1.29, 1.82) is 0 Å². The average molecular weight is 339 g/mol. The Balaban J connectivity index is 1.61. The molecule has 1 aliphatic rings. The van der Waals surface area contributed by atoms with Crippen LogP contribution in [0.3, 0.4) is 0 Å². The van der Waals surface area contributed by atoms with Crippen LogP contribution in [-0.2, 0) is 0 Å². The number of aromatic nitrogens is 2. The lowest BCUT2D eigenvalue weighted by Gasteiger charge is -2.05. The fourth-order valence-electron chi connectivity index (χ4n) is 2.37. The molecule has 0 spiro atoms. The van der Waals surface area contributed by atoms with E-state index in [2.05, 4.69) is 9.97 Å². The third-order valence-electron chi connectivity index (χ3n) is 3.73. The van der Waals surface area contributed by atoms with Gasteiger partial charge in [-0.25, -0.2) is 9.97 Å². The van der Waals surface area contributed by atoms with Gasteiger partial charge in [0.25, 0.3) is 0 Å². The number of benzene rings is 1. The second-order valence-electron chi connectivity index (χ2n) is 5.53. The SMILES string of the molecule is O=[N+]([O-])c1ccc(/C=C/Sc2nc(C3CC3)nc3ccccc23)o1. The largest absolute Gasteiger partial charge is 0.433 e. The molecule has 1 fully saturated rings. The molecule has 0 N–H and O–H groups in total. The van der Waals surface area contributed by atoms with Crippen molar-refractivity contribution < 1.29 is 9.34 Å². The molecule has 1 aliphatic carbocycles. The second-order valence-corrected chi connectivity index (χ2v) is 6.43. The maximum atomic E-state index is 10.6. The Hall–Kier alpha value is -2.67. The summed E-state index contributed by atoms with van der Waals surface area (Å²) < 4.78 is 5.11. The molecule has 4 rings (SSSR count). The second kappa shape index (κ2) is 6.09. The number of para-hydroxylation sites is 1. The van der Waals surface area contributed by atoms with E-state index in [1.165, 1.54) is 17.8 Å². The average Bonchev–Trinajstić information content (AvgIpc) is 3.33. The number of hydrogen-bond acceptors (Lipinski definition) is 6. The summed E-state index contributed by atoms with van der Waals surface area (Å²) in [6.45, 7) is 0. The fraction of sp³-hybridized carbons (Fsp3) is 0.176. The van der Waals surface area contributed by atoms with Gasteiger partial charge in [-0.1, -0.05) is 30.0 Å².